The van der Waals surface area contributed by atoms with Crippen LogP contribution in [0.2, 0.25) is 0 Å². The number of amides is 1. The molecular formula is C20H31N3O3S. The second-order valence-electron chi connectivity index (χ2n) is 7.52. The van der Waals surface area contributed by atoms with Crippen molar-refractivity contribution in [2.75, 3.05) is 39.3 Å². The Hall–Kier alpha value is -1.44. The maximum absolute atomic E-state index is 12.9. The molecule has 1 aromatic rings. The van der Waals surface area contributed by atoms with Crippen LogP contribution in [0.5, 0.6) is 0 Å². The molecule has 0 N–H and O–H groups in total. The van der Waals surface area contributed by atoms with E-state index in [9.17, 15) is 13.2 Å². The lowest BCUT2D eigenvalue weighted by Crippen LogP contribution is -2.55. The summed E-state index contributed by atoms with van der Waals surface area (Å²) in [7, 11) is -3.48. The summed E-state index contributed by atoms with van der Waals surface area (Å²) in [5.74, 6) is 0.132. The van der Waals surface area contributed by atoms with Crippen molar-refractivity contribution in [2.45, 2.75) is 50.0 Å². The van der Waals surface area contributed by atoms with Gasteiger partial charge in [-0.15, -0.1) is 0 Å². The zero-order valence-electron chi connectivity index (χ0n) is 16.2. The minimum Gasteiger partial charge on any atom is -0.339 e. The van der Waals surface area contributed by atoms with E-state index in [1.165, 1.54) is 23.6 Å². The summed E-state index contributed by atoms with van der Waals surface area (Å²) in [5, 5.41) is 0. The summed E-state index contributed by atoms with van der Waals surface area (Å²) in [6.45, 7) is 5.60. The number of sulfonamides is 1. The minimum atomic E-state index is -3.48. The lowest BCUT2D eigenvalue weighted by Gasteiger charge is -2.38. The second kappa shape index (κ2) is 9.17. The lowest BCUT2D eigenvalue weighted by atomic mass is 10.1. The number of carbonyl (C=O) groups excluding carboxylic acids is 1. The van der Waals surface area contributed by atoms with Gasteiger partial charge in [0.1, 0.15) is 0 Å². The molecule has 2 fully saturated rings. The molecule has 3 rings (SSSR count). The fourth-order valence-electron chi connectivity index (χ4n) is 3.97. The highest BCUT2D eigenvalue weighted by atomic mass is 32.2. The van der Waals surface area contributed by atoms with Crippen LogP contribution in [-0.2, 0) is 14.8 Å². The third kappa shape index (κ3) is 4.89. The predicted octanol–water partition coefficient (Wildman–Crippen LogP) is 2.17. The van der Waals surface area contributed by atoms with Gasteiger partial charge in [0, 0.05) is 26.2 Å². The third-order valence-corrected chi connectivity index (χ3v) is 7.64. The largest absolute Gasteiger partial charge is 0.339 e. The van der Waals surface area contributed by atoms with Gasteiger partial charge in [-0.1, -0.05) is 37.5 Å². The number of likely N-dealkylation sites (tertiary alicyclic amines) is 1. The van der Waals surface area contributed by atoms with E-state index >= 15 is 0 Å². The number of carbonyl (C=O) groups is 1. The number of piperazine rings is 1. The monoisotopic (exact) mass is 393 g/mol. The maximum Gasteiger partial charge on any atom is 0.243 e. The number of rotatable bonds is 4. The van der Waals surface area contributed by atoms with Gasteiger partial charge in [0.15, 0.2) is 0 Å². The van der Waals surface area contributed by atoms with Crippen LogP contribution in [0.3, 0.4) is 0 Å². The van der Waals surface area contributed by atoms with E-state index in [2.05, 4.69) is 4.90 Å². The molecule has 2 aliphatic heterocycles. The number of hydrogen-bond acceptors (Lipinski definition) is 4. The summed E-state index contributed by atoms with van der Waals surface area (Å²) in [4.78, 5) is 17.4. The van der Waals surface area contributed by atoms with Crippen LogP contribution >= 0.6 is 0 Å². The van der Waals surface area contributed by atoms with E-state index in [4.69, 9.17) is 0 Å². The van der Waals surface area contributed by atoms with Crippen molar-refractivity contribution in [3.8, 4) is 0 Å². The van der Waals surface area contributed by atoms with E-state index in [1.807, 2.05) is 17.9 Å². The minimum absolute atomic E-state index is 0.125. The summed E-state index contributed by atoms with van der Waals surface area (Å²) in [5.41, 5.74) is 0. The highest BCUT2D eigenvalue weighted by molar-refractivity contribution is 7.89. The first-order valence-corrected chi connectivity index (χ1v) is 11.5. The molecule has 150 valence electrons. The van der Waals surface area contributed by atoms with Crippen molar-refractivity contribution < 1.29 is 13.2 Å². The lowest BCUT2D eigenvalue weighted by molar-refractivity contribution is -0.137. The molecule has 1 amide bonds. The molecule has 1 atom stereocenters. The van der Waals surface area contributed by atoms with Gasteiger partial charge in [0.05, 0.1) is 10.9 Å². The first-order chi connectivity index (χ1) is 13.0. The average Bonchev–Trinajstić information content (AvgIpc) is 2.67. The molecule has 2 heterocycles. The Morgan fingerprint density at radius 2 is 1.41 bits per heavy atom. The SMILES string of the molecule is C[C@H](C(=O)N1CCN(S(=O)(=O)c2ccccc2)CC1)N1CCCCCCC1. The molecule has 0 unspecified atom stereocenters. The van der Waals surface area contributed by atoms with Gasteiger partial charge >= 0.3 is 0 Å². The van der Waals surface area contributed by atoms with Crippen LogP contribution in [-0.4, -0.2) is 73.7 Å². The molecule has 0 radical (unpaired) electrons. The molecule has 0 saturated carbocycles. The molecule has 0 aromatic heterocycles. The number of benzene rings is 1. The second-order valence-corrected chi connectivity index (χ2v) is 9.46. The van der Waals surface area contributed by atoms with E-state index < -0.39 is 10.0 Å². The van der Waals surface area contributed by atoms with Gasteiger partial charge in [0.2, 0.25) is 15.9 Å². The Labute approximate surface area is 163 Å². The molecule has 1 aromatic carbocycles. The number of hydrogen-bond donors (Lipinski definition) is 0. The van der Waals surface area contributed by atoms with Crippen molar-refractivity contribution in [3.05, 3.63) is 30.3 Å². The van der Waals surface area contributed by atoms with Crippen LogP contribution in [0.1, 0.15) is 39.0 Å². The summed E-state index contributed by atoms with van der Waals surface area (Å²) in [6.07, 6.45) is 6.09. The van der Waals surface area contributed by atoms with Crippen LogP contribution in [0.4, 0.5) is 0 Å². The van der Waals surface area contributed by atoms with Crippen molar-refractivity contribution in [1.82, 2.24) is 14.1 Å². The highest BCUT2D eigenvalue weighted by Crippen LogP contribution is 2.19. The average molecular weight is 394 g/mol. The van der Waals surface area contributed by atoms with Gasteiger partial charge in [-0.2, -0.15) is 4.31 Å². The number of nitrogens with zero attached hydrogens (tertiary/aromatic N) is 3. The first kappa shape index (κ1) is 20.3. The van der Waals surface area contributed by atoms with Gasteiger partial charge in [-0.05, 0) is 45.0 Å². The van der Waals surface area contributed by atoms with Gasteiger partial charge in [-0.3, -0.25) is 9.69 Å². The van der Waals surface area contributed by atoms with Crippen molar-refractivity contribution in [2.24, 2.45) is 0 Å². The topological polar surface area (TPSA) is 60.9 Å². The zero-order chi connectivity index (χ0) is 19.3. The molecule has 6 nitrogen and oxygen atoms in total. The Balaban J connectivity index is 1.57. The fourth-order valence-corrected chi connectivity index (χ4v) is 5.41. The zero-order valence-corrected chi connectivity index (χ0v) is 17.0. The quantitative estimate of drug-likeness (QED) is 0.787. The molecule has 2 saturated heterocycles. The smallest absolute Gasteiger partial charge is 0.243 e. The molecule has 7 heteroatoms. The summed E-state index contributed by atoms with van der Waals surface area (Å²) in [6, 6.07) is 8.39. The maximum atomic E-state index is 12.9. The van der Waals surface area contributed by atoms with Gasteiger partial charge < -0.3 is 4.90 Å². The Morgan fingerprint density at radius 3 is 2.00 bits per heavy atom. The summed E-state index contributed by atoms with van der Waals surface area (Å²) >= 11 is 0. The van der Waals surface area contributed by atoms with Crippen LogP contribution in [0.25, 0.3) is 0 Å². The summed E-state index contributed by atoms with van der Waals surface area (Å²) < 4.78 is 27.0. The highest BCUT2D eigenvalue weighted by Gasteiger charge is 2.32. The van der Waals surface area contributed by atoms with Crippen LogP contribution in [0.15, 0.2) is 35.2 Å². The molecule has 0 aliphatic carbocycles. The molecule has 27 heavy (non-hydrogen) atoms. The normalized spacial score (nSPS) is 22.0. The van der Waals surface area contributed by atoms with E-state index in [0.717, 1.165) is 25.9 Å². The molecule has 2 aliphatic rings. The van der Waals surface area contributed by atoms with Crippen molar-refractivity contribution in [3.63, 3.8) is 0 Å². The molecule has 0 bridgehead atoms. The standard InChI is InChI=1S/C20H31N3O3S/c1-18(21-12-8-3-2-4-9-13-21)20(24)22-14-16-23(17-15-22)27(25,26)19-10-6-5-7-11-19/h5-7,10-11,18H,2-4,8-9,12-17H2,1H3/t18-/m1/s1. The van der Waals surface area contributed by atoms with E-state index in [-0.39, 0.29) is 11.9 Å². The third-order valence-electron chi connectivity index (χ3n) is 5.73. The van der Waals surface area contributed by atoms with Gasteiger partial charge in [-0.25, -0.2) is 8.42 Å². The molecular weight excluding hydrogens is 362 g/mol. The predicted molar refractivity (Wildman–Crippen MR) is 106 cm³/mol. The Morgan fingerprint density at radius 1 is 0.852 bits per heavy atom. The van der Waals surface area contributed by atoms with E-state index in [1.54, 1.807) is 24.3 Å². The van der Waals surface area contributed by atoms with E-state index in [0.29, 0.717) is 31.1 Å². The Kier molecular flexibility index (Phi) is 6.89. The van der Waals surface area contributed by atoms with Gasteiger partial charge in [0.25, 0.3) is 0 Å². The first-order valence-electron chi connectivity index (χ1n) is 10.1. The van der Waals surface area contributed by atoms with Crippen LogP contribution in [0, 0.1) is 0 Å². The van der Waals surface area contributed by atoms with Crippen LogP contribution < -0.4 is 0 Å². The Bertz CT molecular complexity index is 707. The fraction of sp³-hybridized carbons (Fsp3) is 0.650. The van der Waals surface area contributed by atoms with Crippen molar-refractivity contribution >= 4 is 15.9 Å². The van der Waals surface area contributed by atoms with Crippen molar-refractivity contribution in [1.29, 1.82) is 0 Å². The molecule has 0 spiro atoms.